The fourth-order valence-electron chi connectivity index (χ4n) is 2.71. The fourth-order valence-corrected chi connectivity index (χ4v) is 3.91. The molecule has 1 N–H and O–H groups in total. The molecule has 31 heavy (non-hydrogen) atoms. The van der Waals surface area contributed by atoms with E-state index < -0.39 is 22.6 Å². The van der Waals surface area contributed by atoms with Crippen LogP contribution < -0.4 is 14.4 Å². The van der Waals surface area contributed by atoms with Crippen molar-refractivity contribution < 1.29 is 27.5 Å². The van der Waals surface area contributed by atoms with E-state index in [4.69, 9.17) is 9.47 Å². The van der Waals surface area contributed by atoms with Gasteiger partial charge in [-0.15, -0.1) is 0 Å². The summed E-state index contributed by atoms with van der Waals surface area (Å²) in [7, 11) is -0.987. The average molecular weight is 449 g/mol. The molecule has 0 unspecified atom stereocenters. The van der Waals surface area contributed by atoms with Gasteiger partial charge in [0.15, 0.2) is 6.61 Å². The minimum atomic E-state index is -3.87. The van der Waals surface area contributed by atoms with E-state index in [0.717, 1.165) is 10.7 Å². The van der Waals surface area contributed by atoms with Gasteiger partial charge in [0.05, 0.1) is 23.3 Å². The number of methoxy groups -OCH3 is 1. The first-order chi connectivity index (χ1) is 14.7. The molecule has 0 fully saturated rings. The number of hydrogen-bond donors (Lipinski definition) is 1. The third kappa shape index (κ3) is 6.45. The smallest absolute Gasteiger partial charge is 0.338 e. The lowest BCUT2D eigenvalue weighted by Gasteiger charge is -2.21. The molecule has 168 valence electrons. The molecule has 2 rings (SSSR count). The summed E-state index contributed by atoms with van der Waals surface area (Å²) in [5, 5.41) is 2.68. The summed E-state index contributed by atoms with van der Waals surface area (Å²) in [6.07, 6.45) is 0.832. The number of ether oxygens (including phenoxy) is 2. The molecule has 0 saturated heterocycles. The lowest BCUT2D eigenvalue weighted by atomic mass is 10.1. The molecule has 0 heterocycles. The molecule has 9 heteroatoms. The second-order valence-corrected chi connectivity index (χ2v) is 9.25. The number of carbonyl (C=O) groups excluding carboxylic acids is 2. The van der Waals surface area contributed by atoms with Crippen LogP contribution in [0.5, 0.6) is 5.75 Å². The van der Waals surface area contributed by atoms with Crippen LogP contribution in [-0.4, -0.2) is 47.6 Å². The Hall–Kier alpha value is -3.07. The molecule has 2 aromatic rings. The number of rotatable bonds is 10. The van der Waals surface area contributed by atoms with Gasteiger partial charge in [0.2, 0.25) is 0 Å². The standard InChI is InChI=1S/C22H28N2O6S/c1-16(2)13-14-23-21(25)15-30-22(26)17-9-11-18(12-10-17)31(27,28)24(3)19-7-5-6-8-20(19)29-4/h5-12,16H,13-15H2,1-4H3,(H,23,25). The molecule has 0 bridgehead atoms. The maximum absolute atomic E-state index is 12.9. The second-order valence-electron chi connectivity index (χ2n) is 7.28. The van der Waals surface area contributed by atoms with Crippen LogP contribution in [0.15, 0.2) is 53.4 Å². The molecule has 0 spiro atoms. The Morgan fingerprint density at radius 2 is 1.71 bits per heavy atom. The molecule has 8 nitrogen and oxygen atoms in total. The topological polar surface area (TPSA) is 102 Å². The Morgan fingerprint density at radius 3 is 2.32 bits per heavy atom. The third-order valence-corrected chi connectivity index (χ3v) is 6.34. The largest absolute Gasteiger partial charge is 0.495 e. The van der Waals surface area contributed by atoms with Crippen LogP contribution in [0.2, 0.25) is 0 Å². The lowest BCUT2D eigenvalue weighted by molar-refractivity contribution is -0.124. The molecule has 2 aromatic carbocycles. The van der Waals surface area contributed by atoms with Gasteiger partial charge in [0, 0.05) is 13.6 Å². The van der Waals surface area contributed by atoms with Crippen molar-refractivity contribution in [2.24, 2.45) is 5.92 Å². The van der Waals surface area contributed by atoms with Crippen LogP contribution in [-0.2, 0) is 19.6 Å². The quantitative estimate of drug-likeness (QED) is 0.561. The number of hydrogen-bond acceptors (Lipinski definition) is 6. The Labute approximate surface area is 183 Å². The number of anilines is 1. The summed E-state index contributed by atoms with van der Waals surface area (Å²) in [6, 6.07) is 12.1. The molecular formula is C22H28N2O6S. The van der Waals surface area contributed by atoms with Gasteiger partial charge in [0.25, 0.3) is 15.9 Å². The molecule has 1 amide bonds. The summed E-state index contributed by atoms with van der Waals surface area (Å²) in [6.45, 7) is 4.21. The molecule has 0 aliphatic carbocycles. The van der Waals surface area contributed by atoms with Crippen molar-refractivity contribution in [1.29, 1.82) is 0 Å². The highest BCUT2D eigenvalue weighted by molar-refractivity contribution is 7.92. The highest BCUT2D eigenvalue weighted by atomic mass is 32.2. The number of benzene rings is 2. The van der Waals surface area contributed by atoms with Crippen molar-refractivity contribution in [2.75, 3.05) is 31.6 Å². The van der Waals surface area contributed by atoms with Crippen molar-refractivity contribution in [3.63, 3.8) is 0 Å². The van der Waals surface area contributed by atoms with Gasteiger partial charge >= 0.3 is 5.97 Å². The van der Waals surface area contributed by atoms with Crippen LogP contribution in [0.1, 0.15) is 30.6 Å². The zero-order valence-corrected chi connectivity index (χ0v) is 18.9. The van der Waals surface area contributed by atoms with Crippen LogP contribution in [0, 0.1) is 5.92 Å². The number of nitrogens with one attached hydrogen (secondary N) is 1. The van der Waals surface area contributed by atoms with Crippen molar-refractivity contribution >= 4 is 27.6 Å². The Kier molecular flexibility index (Phi) is 8.44. The third-order valence-electron chi connectivity index (χ3n) is 4.55. The van der Waals surface area contributed by atoms with Crippen LogP contribution in [0.3, 0.4) is 0 Å². The van der Waals surface area contributed by atoms with E-state index in [9.17, 15) is 18.0 Å². The zero-order valence-electron chi connectivity index (χ0n) is 18.1. The lowest BCUT2D eigenvalue weighted by Crippen LogP contribution is -2.30. The van der Waals surface area contributed by atoms with Crippen LogP contribution in [0.4, 0.5) is 5.69 Å². The van der Waals surface area contributed by atoms with Crippen molar-refractivity contribution in [1.82, 2.24) is 5.32 Å². The van der Waals surface area contributed by atoms with E-state index in [2.05, 4.69) is 5.32 Å². The van der Waals surface area contributed by atoms with E-state index in [-0.39, 0.29) is 16.4 Å². The first-order valence-electron chi connectivity index (χ1n) is 9.82. The number of nitrogens with zero attached hydrogens (tertiary/aromatic N) is 1. The van der Waals surface area contributed by atoms with E-state index in [0.29, 0.717) is 23.9 Å². The minimum absolute atomic E-state index is 0.00360. The summed E-state index contributed by atoms with van der Waals surface area (Å²) in [5.41, 5.74) is 0.533. The Morgan fingerprint density at radius 1 is 1.06 bits per heavy atom. The molecule has 0 aromatic heterocycles. The first kappa shape index (κ1) is 24.2. The van der Waals surface area contributed by atoms with Crippen LogP contribution >= 0.6 is 0 Å². The van der Waals surface area contributed by atoms with Crippen molar-refractivity contribution in [2.45, 2.75) is 25.2 Å². The highest BCUT2D eigenvalue weighted by Crippen LogP contribution is 2.30. The zero-order chi connectivity index (χ0) is 23.0. The molecular weight excluding hydrogens is 420 g/mol. The summed E-state index contributed by atoms with van der Waals surface area (Å²) < 4.78 is 37.2. The normalized spacial score (nSPS) is 11.1. The second kappa shape index (κ2) is 10.8. The number of carbonyl (C=O) groups is 2. The molecule has 0 atom stereocenters. The fraction of sp³-hybridized carbons (Fsp3) is 0.364. The van der Waals surface area contributed by atoms with Gasteiger partial charge in [-0.1, -0.05) is 26.0 Å². The predicted molar refractivity (Wildman–Crippen MR) is 118 cm³/mol. The van der Waals surface area contributed by atoms with Gasteiger partial charge in [-0.2, -0.15) is 0 Å². The predicted octanol–water partition coefficient (Wildman–Crippen LogP) is 2.84. The van der Waals surface area contributed by atoms with Gasteiger partial charge < -0.3 is 14.8 Å². The Balaban J connectivity index is 2.03. The number of para-hydroxylation sites is 2. The van der Waals surface area contributed by atoms with E-state index >= 15 is 0 Å². The van der Waals surface area contributed by atoms with Gasteiger partial charge in [-0.3, -0.25) is 9.10 Å². The molecule has 0 aliphatic rings. The summed E-state index contributed by atoms with van der Waals surface area (Å²) >= 11 is 0. The Bertz CT molecular complexity index is 1000. The number of amides is 1. The van der Waals surface area contributed by atoms with Crippen molar-refractivity contribution in [3.8, 4) is 5.75 Å². The van der Waals surface area contributed by atoms with E-state index in [1.165, 1.54) is 38.4 Å². The monoisotopic (exact) mass is 448 g/mol. The number of esters is 1. The molecule has 0 saturated carbocycles. The van der Waals surface area contributed by atoms with Crippen LogP contribution in [0.25, 0.3) is 0 Å². The average Bonchev–Trinajstić information content (AvgIpc) is 2.76. The first-order valence-corrected chi connectivity index (χ1v) is 11.3. The maximum Gasteiger partial charge on any atom is 0.338 e. The van der Waals surface area contributed by atoms with Crippen molar-refractivity contribution in [3.05, 3.63) is 54.1 Å². The summed E-state index contributed by atoms with van der Waals surface area (Å²) in [5.74, 6) is -0.215. The van der Waals surface area contributed by atoms with E-state index in [1.807, 2.05) is 13.8 Å². The van der Waals surface area contributed by atoms with Gasteiger partial charge in [0.1, 0.15) is 5.75 Å². The SMILES string of the molecule is COc1ccccc1N(C)S(=O)(=O)c1ccc(C(=O)OCC(=O)NCCC(C)C)cc1. The van der Waals surface area contributed by atoms with Gasteiger partial charge in [-0.25, -0.2) is 13.2 Å². The number of sulfonamides is 1. The van der Waals surface area contributed by atoms with Gasteiger partial charge in [-0.05, 0) is 48.7 Å². The highest BCUT2D eigenvalue weighted by Gasteiger charge is 2.24. The minimum Gasteiger partial charge on any atom is -0.495 e. The maximum atomic E-state index is 12.9. The van der Waals surface area contributed by atoms with E-state index in [1.54, 1.807) is 24.3 Å². The molecule has 0 radical (unpaired) electrons. The molecule has 0 aliphatic heterocycles. The summed E-state index contributed by atoms with van der Waals surface area (Å²) in [4.78, 5) is 23.9.